The third-order valence-corrected chi connectivity index (χ3v) is 5.10. The molecule has 0 aromatic heterocycles. The van der Waals surface area contributed by atoms with E-state index >= 15 is 0 Å². The molecule has 0 fully saturated rings. The molecular weight excluding hydrogens is 348 g/mol. The SMILES string of the molecule is C#CCNS(=O)(=O)c1cccc(C(=O)Nc2cccc(Cl)c2C)c1. The Labute approximate surface area is 146 Å². The lowest BCUT2D eigenvalue weighted by Gasteiger charge is -2.10. The highest BCUT2D eigenvalue weighted by Crippen LogP contribution is 2.23. The molecule has 2 aromatic carbocycles. The predicted octanol–water partition coefficient (Wildman–Crippen LogP) is 2.81. The maximum absolute atomic E-state index is 12.4. The van der Waals surface area contributed by atoms with Gasteiger partial charge in [-0.2, -0.15) is 4.72 Å². The minimum absolute atomic E-state index is 0.0341. The van der Waals surface area contributed by atoms with Crippen LogP contribution in [0, 0.1) is 19.3 Å². The van der Waals surface area contributed by atoms with Crippen LogP contribution in [0.5, 0.6) is 0 Å². The number of benzene rings is 2. The molecule has 0 atom stereocenters. The van der Waals surface area contributed by atoms with E-state index in [0.29, 0.717) is 10.7 Å². The molecule has 0 heterocycles. The summed E-state index contributed by atoms with van der Waals surface area (Å²) < 4.78 is 26.4. The fraction of sp³-hybridized carbons (Fsp3) is 0.118. The van der Waals surface area contributed by atoms with Crippen LogP contribution >= 0.6 is 11.6 Å². The minimum Gasteiger partial charge on any atom is -0.322 e. The van der Waals surface area contributed by atoms with Crippen molar-refractivity contribution >= 4 is 33.2 Å². The highest BCUT2D eigenvalue weighted by molar-refractivity contribution is 7.89. The van der Waals surface area contributed by atoms with Gasteiger partial charge in [0.15, 0.2) is 0 Å². The highest BCUT2D eigenvalue weighted by Gasteiger charge is 2.16. The molecule has 2 N–H and O–H groups in total. The Morgan fingerprint density at radius 1 is 1.25 bits per heavy atom. The molecule has 0 unspecified atom stereocenters. The number of halogens is 1. The number of sulfonamides is 1. The molecule has 0 spiro atoms. The second-order valence-corrected chi connectivity index (χ2v) is 7.10. The van der Waals surface area contributed by atoms with Crippen LogP contribution in [0.15, 0.2) is 47.4 Å². The number of carbonyl (C=O) groups excluding carboxylic acids is 1. The summed E-state index contributed by atoms with van der Waals surface area (Å²) in [5, 5.41) is 3.25. The van der Waals surface area contributed by atoms with Crippen LogP contribution in [-0.2, 0) is 10.0 Å². The van der Waals surface area contributed by atoms with Gasteiger partial charge in [0.25, 0.3) is 5.91 Å². The van der Waals surface area contributed by atoms with Crippen molar-refractivity contribution in [1.82, 2.24) is 4.72 Å². The van der Waals surface area contributed by atoms with Crippen molar-refractivity contribution in [3.63, 3.8) is 0 Å². The minimum atomic E-state index is -3.76. The van der Waals surface area contributed by atoms with E-state index in [2.05, 4.69) is 16.0 Å². The first-order valence-electron chi connectivity index (χ1n) is 6.95. The largest absolute Gasteiger partial charge is 0.322 e. The first-order valence-corrected chi connectivity index (χ1v) is 8.81. The number of anilines is 1. The van der Waals surface area contributed by atoms with Crippen molar-refractivity contribution < 1.29 is 13.2 Å². The zero-order valence-corrected chi connectivity index (χ0v) is 14.4. The average molecular weight is 363 g/mol. The first-order chi connectivity index (χ1) is 11.3. The van der Waals surface area contributed by atoms with Gasteiger partial charge in [-0.1, -0.05) is 29.7 Å². The van der Waals surface area contributed by atoms with E-state index in [9.17, 15) is 13.2 Å². The maximum Gasteiger partial charge on any atom is 0.255 e. The van der Waals surface area contributed by atoms with Gasteiger partial charge < -0.3 is 5.32 Å². The van der Waals surface area contributed by atoms with Gasteiger partial charge in [-0.3, -0.25) is 4.79 Å². The van der Waals surface area contributed by atoms with Gasteiger partial charge in [-0.15, -0.1) is 6.42 Å². The third kappa shape index (κ3) is 4.15. The molecule has 0 saturated heterocycles. The fourth-order valence-corrected chi connectivity index (χ4v) is 3.12. The Bertz CT molecular complexity index is 918. The van der Waals surface area contributed by atoms with Crippen molar-refractivity contribution in [3.8, 4) is 12.3 Å². The van der Waals surface area contributed by atoms with Gasteiger partial charge in [-0.25, -0.2) is 8.42 Å². The van der Waals surface area contributed by atoms with E-state index in [4.69, 9.17) is 18.0 Å². The van der Waals surface area contributed by atoms with Crippen molar-refractivity contribution in [2.45, 2.75) is 11.8 Å². The predicted molar refractivity (Wildman–Crippen MR) is 94.6 cm³/mol. The van der Waals surface area contributed by atoms with Crippen LogP contribution in [-0.4, -0.2) is 20.9 Å². The molecule has 0 aliphatic heterocycles. The lowest BCUT2D eigenvalue weighted by molar-refractivity contribution is 0.102. The number of hydrogen-bond donors (Lipinski definition) is 2. The van der Waals surface area contributed by atoms with Crippen LogP contribution in [0.1, 0.15) is 15.9 Å². The zero-order chi connectivity index (χ0) is 17.7. The monoisotopic (exact) mass is 362 g/mol. The summed E-state index contributed by atoms with van der Waals surface area (Å²) >= 11 is 6.02. The van der Waals surface area contributed by atoms with Crippen LogP contribution < -0.4 is 10.0 Å². The summed E-state index contributed by atoms with van der Waals surface area (Å²) in [4.78, 5) is 12.3. The van der Waals surface area contributed by atoms with Crippen LogP contribution in [0.25, 0.3) is 0 Å². The van der Waals surface area contributed by atoms with Gasteiger partial charge >= 0.3 is 0 Å². The molecule has 0 saturated carbocycles. The second kappa shape index (κ2) is 7.49. The van der Waals surface area contributed by atoms with Crippen LogP contribution in [0.3, 0.4) is 0 Å². The van der Waals surface area contributed by atoms with E-state index in [1.54, 1.807) is 25.1 Å². The Morgan fingerprint density at radius 3 is 2.67 bits per heavy atom. The normalized spacial score (nSPS) is 10.9. The topological polar surface area (TPSA) is 75.3 Å². The summed E-state index contributed by atoms with van der Waals surface area (Å²) in [5.41, 5.74) is 1.50. The van der Waals surface area contributed by atoms with Gasteiger partial charge in [0.2, 0.25) is 10.0 Å². The summed E-state index contributed by atoms with van der Waals surface area (Å²) in [6.45, 7) is 1.66. The summed E-state index contributed by atoms with van der Waals surface area (Å²) in [5.74, 6) is 1.76. The standard InChI is InChI=1S/C17H15ClN2O3S/c1-3-10-19-24(22,23)14-7-4-6-13(11-14)17(21)20-16-9-5-8-15(18)12(16)2/h1,4-9,11,19H,10H2,2H3,(H,20,21). The van der Waals surface area contributed by atoms with Gasteiger partial charge in [-0.05, 0) is 42.8 Å². The smallest absolute Gasteiger partial charge is 0.255 e. The van der Waals surface area contributed by atoms with E-state index in [1.807, 2.05) is 0 Å². The summed E-state index contributed by atoms with van der Waals surface area (Å²) in [6.07, 6.45) is 5.05. The van der Waals surface area contributed by atoms with E-state index in [0.717, 1.165) is 5.56 Å². The highest BCUT2D eigenvalue weighted by atomic mass is 35.5. The van der Waals surface area contributed by atoms with Crippen molar-refractivity contribution in [2.24, 2.45) is 0 Å². The molecule has 124 valence electrons. The van der Waals surface area contributed by atoms with Crippen LogP contribution in [0.2, 0.25) is 5.02 Å². The number of terminal acetylenes is 1. The summed E-state index contributed by atoms with van der Waals surface area (Å²) in [7, 11) is -3.76. The number of rotatable bonds is 5. The van der Waals surface area contributed by atoms with Crippen LogP contribution in [0.4, 0.5) is 5.69 Å². The van der Waals surface area contributed by atoms with Crippen molar-refractivity contribution in [1.29, 1.82) is 0 Å². The average Bonchev–Trinajstić information content (AvgIpc) is 2.57. The Balaban J connectivity index is 2.27. The molecule has 7 heteroatoms. The zero-order valence-electron chi connectivity index (χ0n) is 12.8. The Morgan fingerprint density at radius 2 is 1.96 bits per heavy atom. The molecule has 5 nitrogen and oxygen atoms in total. The molecular formula is C17H15ClN2O3S. The van der Waals surface area contributed by atoms with Gasteiger partial charge in [0.1, 0.15) is 0 Å². The van der Waals surface area contributed by atoms with E-state index < -0.39 is 15.9 Å². The first kappa shape index (κ1) is 18.0. The Hall–Kier alpha value is -2.33. The number of carbonyl (C=O) groups is 1. The molecule has 0 aliphatic carbocycles. The molecule has 2 rings (SSSR count). The Kier molecular flexibility index (Phi) is 5.62. The number of hydrogen-bond acceptors (Lipinski definition) is 3. The van der Waals surface area contributed by atoms with Gasteiger partial charge in [0.05, 0.1) is 11.4 Å². The van der Waals surface area contributed by atoms with Gasteiger partial charge in [0, 0.05) is 16.3 Å². The lowest BCUT2D eigenvalue weighted by atomic mass is 10.1. The summed E-state index contributed by atoms with van der Waals surface area (Å²) in [6, 6.07) is 10.8. The molecule has 2 aromatic rings. The molecule has 0 bridgehead atoms. The number of nitrogens with one attached hydrogen (secondary N) is 2. The second-order valence-electron chi connectivity index (χ2n) is 4.92. The fourth-order valence-electron chi connectivity index (χ4n) is 1.96. The molecule has 24 heavy (non-hydrogen) atoms. The molecule has 0 aliphatic rings. The maximum atomic E-state index is 12.4. The molecule has 1 amide bonds. The quantitative estimate of drug-likeness (QED) is 0.803. The van der Waals surface area contributed by atoms with Crippen molar-refractivity contribution in [3.05, 3.63) is 58.6 Å². The van der Waals surface area contributed by atoms with Crippen molar-refractivity contribution in [2.75, 3.05) is 11.9 Å². The third-order valence-electron chi connectivity index (χ3n) is 3.29. The number of amides is 1. The van der Waals surface area contributed by atoms with E-state index in [-0.39, 0.29) is 17.0 Å². The molecule has 0 radical (unpaired) electrons. The lowest BCUT2D eigenvalue weighted by Crippen LogP contribution is -2.24. The van der Waals surface area contributed by atoms with E-state index in [1.165, 1.54) is 24.3 Å².